The number of benzene rings is 2. The second-order valence-electron chi connectivity index (χ2n) is 9.19. The van der Waals surface area contributed by atoms with Crippen molar-refractivity contribution in [3.05, 3.63) is 113 Å². The standard InChI is InChI=1S/C31H26N4O3/c1-4-37-31(36)25-16-26-24(18-32-25)29-27(15-23(17-33-29)28-19(2)34-38-20(28)3)35(26)30(21-11-7-5-8-12-21)22-13-9-6-10-14-22/h5-18,30H,4H2,1-3H3. The van der Waals surface area contributed by atoms with Gasteiger partial charge in [0.1, 0.15) is 11.5 Å². The molecular weight excluding hydrogens is 476 g/mol. The molecule has 0 atom stereocenters. The van der Waals surface area contributed by atoms with Crippen molar-refractivity contribution < 1.29 is 14.1 Å². The highest BCUT2D eigenvalue weighted by Gasteiger charge is 2.25. The Morgan fingerprint density at radius 3 is 2.21 bits per heavy atom. The molecule has 7 heteroatoms. The van der Waals surface area contributed by atoms with Crippen LogP contribution in [0.3, 0.4) is 0 Å². The summed E-state index contributed by atoms with van der Waals surface area (Å²) < 4.78 is 13.0. The predicted molar refractivity (Wildman–Crippen MR) is 146 cm³/mol. The maximum atomic E-state index is 12.7. The molecule has 0 N–H and O–H groups in total. The number of nitrogens with zero attached hydrogens (tertiary/aromatic N) is 4. The number of aromatic nitrogens is 4. The average Bonchev–Trinajstić information content (AvgIpc) is 3.45. The molecule has 0 aliphatic heterocycles. The molecule has 0 unspecified atom stereocenters. The fourth-order valence-corrected chi connectivity index (χ4v) is 5.19. The Morgan fingerprint density at radius 2 is 1.61 bits per heavy atom. The lowest BCUT2D eigenvalue weighted by molar-refractivity contribution is 0.0519. The molecular formula is C31H26N4O3. The first-order chi connectivity index (χ1) is 18.6. The molecule has 0 amide bonds. The molecule has 7 nitrogen and oxygen atoms in total. The Balaban J connectivity index is 1.71. The molecule has 6 rings (SSSR count). The molecule has 0 radical (unpaired) electrons. The van der Waals surface area contributed by atoms with Gasteiger partial charge in [-0.25, -0.2) is 9.78 Å². The summed E-state index contributed by atoms with van der Waals surface area (Å²) in [7, 11) is 0. The minimum atomic E-state index is -0.452. The molecule has 4 heterocycles. The molecule has 0 aliphatic rings. The molecule has 38 heavy (non-hydrogen) atoms. The van der Waals surface area contributed by atoms with Gasteiger partial charge < -0.3 is 13.8 Å². The minimum absolute atomic E-state index is 0.184. The van der Waals surface area contributed by atoms with E-state index >= 15 is 0 Å². The van der Waals surface area contributed by atoms with Crippen LogP contribution < -0.4 is 0 Å². The third-order valence-electron chi connectivity index (χ3n) is 6.82. The Labute approximate surface area is 219 Å². The van der Waals surface area contributed by atoms with Gasteiger partial charge in [0.25, 0.3) is 0 Å². The van der Waals surface area contributed by atoms with Gasteiger partial charge in [0, 0.05) is 28.9 Å². The number of aryl methyl sites for hydroxylation is 2. The SMILES string of the molecule is CCOC(=O)c1cc2c(cn1)c1ncc(-c3c(C)noc3C)cc1n2C(c1ccccc1)c1ccccc1. The fourth-order valence-electron chi connectivity index (χ4n) is 5.19. The summed E-state index contributed by atoms with van der Waals surface area (Å²) in [5.41, 5.74) is 7.68. The van der Waals surface area contributed by atoms with Crippen molar-refractivity contribution in [1.82, 2.24) is 19.7 Å². The summed E-state index contributed by atoms with van der Waals surface area (Å²) in [4.78, 5) is 22.0. The molecule has 0 saturated carbocycles. The van der Waals surface area contributed by atoms with E-state index in [0.717, 1.165) is 55.6 Å². The van der Waals surface area contributed by atoms with E-state index in [2.05, 4.69) is 45.0 Å². The Kier molecular flexibility index (Phi) is 5.96. The largest absolute Gasteiger partial charge is 0.461 e. The summed E-state index contributed by atoms with van der Waals surface area (Å²) in [5.74, 6) is 0.284. The third-order valence-corrected chi connectivity index (χ3v) is 6.82. The van der Waals surface area contributed by atoms with Gasteiger partial charge in [-0.15, -0.1) is 0 Å². The van der Waals surface area contributed by atoms with E-state index in [0.29, 0.717) is 0 Å². The van der Waals surface area contributed by atoms with E-state index in [1.807, 2.05) is 62.5 Å². The second-order valence-corrected chi connectivity index (χ2v) is 9.19. The summed E-state index contributed by atoms with van der Waals surface area (Å²) in [6.45, 7) is 5.90. The summed E-state index contributed by atoms with van der Waals surface area (Å²) in [5, 5.41) is 5.00. The van der Waals surface area contributed by atoms with Crippen LogP contribution in [-0.4, -0.2) is 32.3 Å². The van der Waals surface area contributed by atoms with Crippen LogP contribution >= 0.6 is 0 Å². The number of ether oxygens (including phenoxy) is 1. The van der Waals surface area contributed by atoms with Crippen molar-refractivity contribution in [3.8, 4) is 11.1 Å². The van der Waals surface area contributed by atoms with E-state index in [1.54, 1.807) is 13.1 Å². The molecule has 0 saturated heterocycles. The zero-order chi connectivity index (χ0) is 26.2. The molecule has 188 valence electrons. The number of esters is 1. The second kappa shape index (κ2) is 9.59. The smallest absolute Gasteiger partial charge is 0.356 e. The topological polar surface area (TPSA) is 83.0 Å². The van der Waals surface area contributed by atoms with Gasteiger partial charge in [0.05, 0.1) is 34.9 Å². The van der Waals surface area contributed by atoms with Crippen molar-refractivity contribution in [1.29, 1.82) is 0 Å². The van der Waals surface area contributed by atoms with Crippen molar-refractivity contribution in [2.45, 2.75) is 26.8 Å². The predicted octanol–water partition coefficient (Wildman–Crippen LogP) is 6.67. The molecule has 0 aliphatic carbocycles. The quantitative estimate of drug-likeness (QED) is 0.237. The first-order valence-electron chi connectivity index (χ1n) is 12.6. The van der Waals surface area contributed by atoms with E-state index in [-0.39, 0.29) is 18.3 Å². The molecule has 0 bridgehead atoms. The Hall–Kier alpha value is -4.78. The van der Waals surface area contributed by atoms with Crippen molar-refractivity contribution in [3.63, 3.8) is 0 Å². The number of rotatable bonds is 6. The molecule has 0 spiro atoms. The highest BCUT2D eigenvalue weighted by molar-refractivity contribution is 6.08. The summed E-state index contributed by atoms with van der Waals surface area (Å²) in [6.07, 6.45) is 3.56. The Morgan fingerprint density at radius 1 is 0.921 bits per heavy atom. The van der Waals surface area contributed by atoms with Crippen LogP contribution in [0.2, 0.25) is 0 Å². The molecule has 0 fully saturated rings. The minimum Gasteiger partial charge on any atom is -0.461 e. The van der Waals surface area contributed by atoms with Gasteiger partial charge >= 0.3 is 5.97 Å². The zero-order valence-electron chi connectivity index (χ0n) is 21.4. The number of pyridine rings is 2. The number of carbonyl (C=O) groups excluding carboxylic acids is 1. The number of carbonyl (C=O) groups is 1. The fraction of sp³-hybridized carbons (Fsp3) is 0.161. The molecule has 6 aromatic rings. The average molecular weight is 503 g/mol. The van der Waals surface area contributed by atoms with Crippen molar-refractivity contribution in [2.75, 3.05) is 6.61 Å². The lowest BCUT2D eigenvalue weighted by Gasteiger charge is -2.23. The van der Waals surface area contributed by atoms with Crippen LogP contribution in [-0.2, 0) is 4.74 Å². The normalized spacial score (nSPS) is 11.5. The van der Waals surface area contributed by atoms with E-state index in [4.69, 9.17) is 14.2 Å². The zero-order valence-corrected chi connectivity index (χ0v) is 21.4. The van der Waals surface area contributed by atoms with Gasteiger partial charge in [-0.2, -0.15) is 0 Å². The van der Waals surface area contributed by atoms with Gasteiger partial charge in [-0.05, 0) is 44.0 Å². The third kappa shape index (κ3) is 3.93. The first kappa shape index (κ1) is 23.6. The highest BCUT2D eigenvalue weighted by atomic mass is 16.5. The van der Waals surface area contributed by atoms with Crippen LogP contribution in [0.15, 0.2) is 89.7 Å². The van der Waals surface area contributed by atoms with Crippen LogP contribution in [0.4, 0.5) is 0 Å². The maximum Gasteiger partial charge on any atom is 0.356 e. The summed E-state index contributed by atoms with van der Waals surface area (Å²) in [6, 6.07) is 24.4. The lowest BCUT2D eigenvalue weighted by atomic mass is 9.98. The number of hydrogen-bond donors (Lipinski definition) is 0. The van der Waals surface area contributed by atoms with Crippen molar-refractivity contribution in [2.24, 2.45) is 0 Å². The molecule has 2 aromatic carbocycles. The first-order valence-corrected chi connectivity index (χ1v) is 12.6. The van der Waals surface area contributed by atoms with Crippen molar-refractivity contribution >= 4 is 27.9 Å². The number of fused-ring (bicyclic) bond motifs is 3. The monoisotopic (exact) mass is 502 g/mol. The van der Waals surface area contributed by atoms with Gasteiger partial charge in [-0.3, -0.25) is 4.98 Å². The molecule has 4 aromatic heterocycles. The van der Waals surface area contributed by atoms with Gasteiger partial charge in [0.15, 0.2) is 0 Å². The van der Waals surface area contributed by atoms with Crippen LogP contribution in [0, 0.1) is 13.8 Å². The van der Waals surface area contributed by atoms with Crippen LogP contribution in [0.25, 0.3) is 33.1 Å². The van der Waals surface area contributed by atoms with E-state index < -0.39 is 5.97 Å². The van der Waals surface area contributed by atoms with E-state index in [1.165, 1.54) is 0 Å². The summed E-state index contributed by atoms with van der Waals surface area (Å²) >= 11 is 0. The van der Waals surface area contributed by atoms with Crippen LogP contribution in [0.1, 0.15) is 46.0 Å². The van der Waals surface area contributed by atoms with Gasteiger partial charge in [0.2, 0.25) is 0 Å². The Bertz CT molecular complexity index is 1710. The van der Waals surface area contributed by atoms with Crippen LogP contribution in [0.5, 0.6) is 0 Å². The number of hydrogen-bond acceptors (Lipinski definition) is 6. The highest BCUT2D eigenvalue weighted by Crippen LogP contribution is 2.39. The van der Waals surface area contributed by atoms with Gasteiger partial charge in [-0.1, -0.05) is 65.8 Å². The van der Waals surface area contributed by atoms with E-state index in [9.17, 15) is 4.79 Å². The lowest BCUT2D eigenvalue weighted by Crippen LogP contribution is -2.13. The maximum absolute atomic E-state index is 12.7.